The number of ether oxygens (including phenoxy) is 1. The van der Waals surface area contributed by atoms with Crippen LogP contribution >= 0.6 is 23.1 Å². The van der Waals surface area contributed by atoms with Crippen molar-refractivity contribution in [2.75, 3.05) is 11.9 Å². The van der Waals surface area contributed by atoms with Crippen LogP contribution in [0.15, 0.2) is 34.2 Å². The van der Waals surface area contributed by atoms with Gasteiger partial charge in [-0.25, -0.2) is 4.79 Å². The molecule has 1 unspecified atom stereocenters. The Labute approximate surface area is 194 Å². The summed E-state index contributed by atoms with van der Waals surface area (Å²) < 4.78 is 11.0. The second kappa shape index (κ2) is 10.3. The molecular weight excluding hydrogens is 448 g/mol. The molecule has 0 radical (unpaired) electrons. The summed E-state index contributed by atoms with van der Waals surface area (Å²) in [6, 6.07) is 3.55. The van der Waals surface area contributed by atoms with Crippen LogP contribution in [-0.2, 0) is 22.4 Å². The summed E-state index contributed by atoms with van der Waals surface area (Å²) in [6.07, 6.45) is 8.31. The number of nitrogens with one attached hydrogen (secondary N) is 1. The maximum Gasteiger partial charge on any atom is 0.341 e. The minimum absolute atomic E-state index is 0.236. The van der Waals surface area contributed by atoms with Crippen LogP contribution in [0.5, 0.6) is 0 Å². The van der Waals surface area contributed by atoms with E-state index in [2.05, 4.69) is 20.5 Å². The number of anilines is 1. The van der Waals surface area contributed by atoms with E-state index in [0.717, 1.165) is 43.2 Å². The Bertz CT molecular complexity index is 1100. The van der Waals surface area contributed by atoms with Gasteiger partial charge < -0.3 is 14.5 Å². The van der Waals surface area contributed by atoms with E-state index in [9.17, 15) is 9.59 Å². The van der Waals surface area contributed by atoms with Crippen molar-refractivity contribution in [3.8, 4) is 11.5 Å². The lowest BCUT2D eigenvalue weighted by Gasteiger charge is -2.11. The first-order chi connectivity index (χ1) is 15.6. The number of hydrogen-bond acceptors (Lipinski definition) is 9. The molecule has 1 aliphatic rings. The zero-order valence-corrected chi connectivity index (χ0v) is 19.6. The van der Waals surface area contributed by atoms with Gasteiger partial charge in [0, 0.05) is 22.8 Å². The number of thioether (sulfide) groups is 1. The number of esters is 1. The molecule has 10 heteroatoms. The molecule has 0 saturated carbocycles. The van der Waals surface area contributed by atoms with E-state index in [1.54, 1.807) is 38.4 Å². The predicted octanol–water partition coefficient (Wildman–Crippen LogP) is 4.76. The highest BCUT2D eigenvalue weighted by atomic mass is 32.2. The third-order valence-corrected chi connectivity index (χ3v) is 7.26. The van der Waals surface area contributed by atoms with Crippen molar-refractivity contribution in [1.29, 1.82) is 0 Å². The SMILES string of the molecule is CCOC(=O)c1c(NC(=O)C(C)Sc2nnc(-c3ccncc3)o2)sc2c1CCCCC2. The second-order valence-corrected chi connectivity index (χ2v) is 9.74. The molecule has 0 bridgehead atoms. The van der Waals surface area contributed by atoms with E-state index in [4.69, 9.17) is 9.15 Å². The number of hydrogen-bond donors (Lipinski definition) is 1. The molecule has 8 nitrogen and oxygen atoms in total. The van der Waals surface area contributed by atoms with E-state index in [1.807, 2.05) is 0 Å². The van der Waals surface area contributed by atoms with Crippen molar-refractivity contribution >= 4 is 40.0 Å². The molecule has 1 amide bonds. The fraction of sp³-hybridized carbons (Fsp3) is 0.409. The third-order valence-electron chi connectivity index (χ3n) is 5.12. The first kappa shape index (κ1) is 22.5. The average Bonchev–Trinajstić information content (AvgIpc) is 3.32. The Kier molecular flexibility index (Phi) is 7.21. The topological polar surface area (TPSA) is 107 Å². The van der Waals surface area contributed by atoms with Gasteiger partial charge in [0.2, 0.25) is 11.8 Å². The van der Waals surface area contributed by atoms with Crippen molar-refractivity contribution in [2.24, 2.45) is 0 Å². The van der Waals surface area contributed by atoms with Crippen molar-refractivity contribution in [3.63, 3.8) is 0 Å². The third kappa shape index (κ3) is 5.02. The normalized spacial score (nSPS) is 14.3. The van der Waals surface area contributed by atoms with Gasteiger partial charge in [0.15, 0.2) is 0 Å². The Morgan fingerprint density at radius 3 is 2.78 bits per heavy atom. The number of aromatic nitrogens is 3. The van der Waals surface area contributed by atoms with Crippen molar-refractivity contribution in [3.05, 3.63) is 40.5 Å². The molecule has 168 valence electrons. The molecule has 0 aromatic carbocycles. The van der Waals surface area contributed by atoms with E-state index in [1.165, 1.54) is 28.0 Å². The molecule has 1 N–H and O–H groups in total. The maximum absolute atomic E-state index is 12.9. The lowest BCUT2D eigenvalue weighted by molar-refractivity contribution is -0.115. The summed E-state index contributed by atoms with van der Waals surface area (Å²) in [4.78, 5) is 30.7. The molecule has 3 aromatic heterocycles. The Balaban J connectivity index is 1.49. The molecule has 3 aromatic rings. The van der Waals surface area contributed by atoms with E-state index in [-0.39, 0.29) is 11.9 Å². The highest BCUT2D eigenvalue weighted by Crippen LogP contribution is 2.38. The van der Waals surface area contributed by atoms with Gasteiger partial charge in [-0.3, -0.25) is 9.78 Å². The number of nitrogens with zero attached hydrogens (tertiary/aromatic N) is 3. The lowest BCUT2D eigenvalue weighted by Crippen LogP contribution is -2.23. The van der Waals surface area contributed by atoms with Crippen LogP contribution in [0.25, 0.3) is 11.5 Å². The van der Waals surface area contributed by atoms with Crippen LogP contribution < -0.4 is 5.32 Å². The van der Waals surface area contributed by atoms with E-state index >= 15 is 0 Å². The van der Waals surface area contributed by atoms with Gasteiger partial charge in [-0.2, -0.15) is 0 Å². The monoisotopic (exact) mass is 472 g/mol. The molecule has 32 heavy (non-hydrogen) atoms. The van der Waals surface area contributed by atoms with Crippen molar-refractivity contribution in [1.82, 2.24) is 15.2 Å². The number of fused-ring (bicyclic) bond motifs is 1. The number of rotatable bonds is 7. The second-order valence-electron chi connectivity index (χ2n) is 7.35. The maximum atomic E-state index is 12.9. The lowest BCUT2D eigenvalue weighted by atomic mass is 10.1. The highest BCUT2D eigenvalue weighted by molar-refractivity contribution is 8.00. The Morgan fingerprint density at radius 1 is 1.22 bits per heavy atom. The van der Waals surface area contributed by atoms with E-state index < -0.39 is 5.25 Å². The number of thiophene rings is 1. The van der Waals surface area contributed by atoms with Crippen LogP contribution in [-0.4, -0.2) is 38.9 Å². The average molecular weight is 473 g/mol. The number of aryl methyl sites for hydroxylation is 1. The zero-order valence-electron chi connectivity index (χ0n) is 17.9. The molecule has 1 aliphatic carbocycles. The van der Waals surface area contributed by atoms with Gasteiger partial charge in [0.25, 0.3) is 5.22 Å². The van der Waals surface area contributed by atoms with Crippen LogP contribution in [0.3, 0.4) is 0 Å². The van der Waals surface area contributed by atoms with Crippen molar-refractivity contribution < 1.29 is 18.7 Å². The van der Waals surface area contributed by atoms with Gasteiger partial charge in [-0.15, -0.1) is 21.5 Å². The first-order valence-electron chi connectivity index (χ1n) is 10.6. The van der Waals surface area contributed by atoms with Crippen molar-refractivity contribution in [2.45, 2.75) is 56.4 Å². The Hall–Kier alpha value is -2.72. The quantitative estimate of drug-likeness (QED) is 0.298. The fourth-order valence-electron chi connectivity index (χ4n) is 3.54. The fourth-order valence-corrected chi connectivity index (χ4v) is 5.50. The van der Waals surface area contributed by atoms with Crippen LogP contribution in [0.2, 0.25) is 0 Å². The van der Waals surface area contributed by atoms with Crippen LogP contribution in [0.1, 0.15) is 53.9 Å². The Morgan fingerprint density at radius 2 is 2.00 bits per heavy atom. The molecule has 0 aliphatic heterocycles. The smallest absolute Gasteiger partial charge is 0.341 e. The minimum atomic E-state index is -0.502. The van der Waals surface area contributed by atoms with Gasteiger partial charge in [0.1, 0.15) is 5.00 Å². The van der Waals surface area contributed by atoms with Gasteiger partial charge in [-0.1, -0.05) is 18.2 Å². The highest BCUT2D eigenvalue weighted by Gasteiger charge is 2.28. The predicted molar refractivity (Wildman–Crippen MR) is 123 cm³/mol. The summed E-state index contributed by atoms with van der Waals surface area (Å²) in [5, 5.41) is 11.4. The zero-order chi connectivity index (χ0) is 22.5. The largest absolute Gasteiger partial charge is 0.462 e. The number of carbonyl (C=O) groups is 2. The van der Waals surface area contributed by atoms with Crippen LogP contribution in [0, 0.1) is 0 Å². The summed E-state index contributed by atoms with van der Waals surface area (Å²) in [6.45, 7) is 3.84. The molecule has 0 saturated heterocycles. The van der Waals surface area contributed by atoms with Crippen LogP contribution in [0.4, 0.5) is 5.00 Å². The molecule has 3 heterocycles. The molecule has 4 rings (SSSR count). The summed E-state index contributed by atoms with van der Waals surface area (Å²) in [5.41, 5.74) is 2.30. The minimum Gasteiger partial charge on any atom is -0.462 e. The molecule has 1 atom stereocenters. The summed E-state index contributed by atoms with van der Waals surface area (Å²) in [7, 11) is 0. The molecule has 0 spiro atoms. The van der Waals surface area contributed by atoms with Gasteiger partial charge in [-0.05, 0) is 57.2 Å². The number of amides is 1. The van der Waals surface area contributed by atoms with Gasteiger partial charge in [0.05, 0.1) is 17.4 Å². The number of pyridine rings is 1. The molecular formula is C22H24N4O4S2. The van der Waals surface area contributed by atoms with Gasteiger partial charge >= 0.3 is 5.97 Å². The summed E-state index contributed by atoms with van der Waals surface area (Å²) >= 11 is 2.65. The van der Waals surface area contributed by atoms with E-state index in [0.29, 0.717) is 28.3 Å². The standard InChI is InChI=1S/C22H24N4O4S2/c1-3-29-21(28)17-15-7-5-4-6-8-16(15)32-20(17)24-18(27)13(2)31-22-26-25-19(30-22)14-9-11-23-12-10-14/h9-13H,3-8H2,1-2H3,(H,24,27). The molecule has 0 fully saturated rings. The first-order valence-corrected chi connectivity index (χ1v) is 12.3. The summed E-state index contributed by atoms with van der Waals surface area (Å²) in [5.74, 6) is -0.240. The number of carbonyl (C=O) groups excluding carboxylic acids is 2.